The van der Waals surface area contributed by atoms with Crippen LogP contribution in [0.3, 0.4) is 0 Å². The molecule has 3 aliphatic heterocycles. The molecule has 3 heterocycles. The van der Waals surface area contributed by atoms with Crippen LogP contribution in [0.5, 0.6) is 11.5 Å². The first-order valence-corrected chi connectivity index (χ1v) is 18.0. The summed E-state index contributed by atoms with van der Waals surface area (Å²) in [5.74, 6) is -2.40. The standard InChI is InChI=1S/C36H24N4O6S4/c1-19(2)33(43)45-25-27-28(48-35(47-27)23(15-37)16-38)26(46-34(44)20(3)4)30-29(25)49-36(50-30)24-31(41)39(17-21-11-7-5-8-12-21)40(32(24)42)18-22-13-9-6-10-14-22/h5-14H,1,3,17-18H2,2,4H3. The number of thioether (sulfide) groups is 4. The van der Waals surface area contributed by atoms with Gasteiger partial charge in [-0.25, -0.2) is 19.6 Å². The van der Waals surface area contributed by atoms with E-state index in [0.717, 1.165) is 58.2 Å². The number of carbonyl (C=O) groups excluding carboxylic acids is 4. The highest BCUT2D eigenvalue weighted by molar-refractivity contribution is 8.26. The molecule has 1 saturated heterocycles. The quantitative estimate of drug-likeness (QED) is 0.0743. The minimum atomic E-state index is -0.743. The molecule has 0 atom stereocenters. The molecule has 0 unspecified atom stereocenters. The summed E-state index contributed by atoms with van der Waals surface area (Å²) in [6.07, 6.45) is 0. The summed E-state index contributed by atoms with van der Waals surface area (Å²) in [6, 6.07) is 22.4. The van der Waals surface area contributed by atoms with Crippen molar-refractivity contribution in [2.75, 3.05) is 0 Å². The number of fused-ring (bicyclic) bond motifs is 2. The van der Waals surface area contributed by atoms with Crippen LogP contribution >= 0.6 is 47.0 Å². The summed E-state index contributed by atoms with van der Waals surface area (Å²) in [5, 5.41) is 22.0. The maximum Gasteiger partial charge on any atom is 0.338 e. The summed E-state index contributed by atoms with van der Waals surface area (Å²) in [5.41, 5.74) is 1.59. The molecule has 0 saturated carbocycles. The number of allylic oxidation sites excluding steroid dienone is 1. The highest BCUT2D eigenvalue weighted by atomic mass is 32.2. The third-order valence-electron chi connectivity index (χ3n) is 7.27. The lowest BCUT2D eigenvalue weighted by atomic mass is 10.2. The molecular formula is C36H24N4O6S4. The monoisotopic (exact) mass is 736 g/mol. The van der Waals surface area contributed by atoms with E-state index in [-0.39, 0.29) is 46.9 Å². The number of rotatable bonds is 8. The zero-order valence-corrected chi connectivity index (χ0v) is 29.7. The van der Waals surface area contributed by atoms with Crippen LogP contribution in [0.1, 0.15) is 25.0 Å². The fourth-order valence-corrected chi connectivity index (χ4v) is 10.2. The number of nitriles is 2. The smallest absolute Gasteiger partial charge is 0.338 e. The highest BCUT2D eigenvalue weighted by Crippen LogP contribution is 2.68. The Balaban J connectivity index is 1.51. The van der Waals surface area contributed by atoms with E-state index in [0.29, 0.717) is 28.1 Å². The Morgan fingerprint density at radius 3 is 1.42 bits per heavy atom. The fourth-order valence-electron chi connectivity index (χ4n) is 4.84. The van der Waals surface area contributed by atoms with Crippen molar-refractivity contribution >= 4 is 70.8 Å². The van der Waals surface area contributed by atoms with Gasteiger partial charge in [0, 0.05) is 11.1 Å². The van der Waals surface area contributed by atoms with Crippen molar-refractivity contribution in [3.8, 4) is 23.6 Å². The van der Waals surface area contributed by atoms with E-state index in [1.807, 2.05) is 72.8 Å². The Hall–Kier alpha value is -5.12. The molecule has 0 spiro atoms. The second-order valence-electron chi connectivity index (χ2n) is 11.0. The molecule has 6 rings (SSSR count). The number of esters is 2. The van der Waals surface area contributed by atoms with Crippen molar-refractivity contribution in [1.82, 2.24) is 10.0 Å². The number of hydrogen-bond acceptors (Lipinski definition) is 12. The zero-order valence-electron chi connectivity index (χ0n) is 26.5. The molecule has 2 amide bonds. The van der Waals surface area contributed by atoms with E-state index in [2.05, 4.69) is 13.2 Å². The van der Waals surface area contributed by atoms with Gasteiger partial charge in [-0.2, -0.15) is 10.5 Å². The van der Waals surface area contributed by atoms with Crippen molar-refractivity contribution in [1.29, 1.82) is 10.5 Å². The van der Waals surface area contributed by atoms with Gasteiger partial charge >= 0.3 is 11.9 Å². The van der Waals surface area contributed by atoms with Crippen LogP contribution < -0.4 is 9.47 Å². The third-order valence-corrected chi connectivity index (χ3v) is 12.5. The van der Waals surface area contributed by atoms with Crippen LogP contribution in [0.2, 0.25) is 0 Å². The molecule has 0 radical (unpaired) electrons. The van der Waals surface area contributed by atoms with E-state index in [9.17, 15) is 29.7 Å². The van der Waals surface area contributed by atoms with Crippen LogP contribution in [-0.4, -0.2) is 33.8 Å². The summed E-state index contributed by atoms with van der Waals surface area (Å²) in [7, 11) is 0. The fraction of sp³-hybridized carbons (Fsp3) is 0.111. The average molecular weight is 737 g/mol. The molecule has 3 aromatic rings. The Morgan fingerprint density at radius 2 is 1.06 bits per heavy atom. The summed E-state index contributed by atoms with van der Waals surface area (Å²) < 4.78 is 12.3. The minimum Gasteiger partial charge on any atom is -0.421 e. The van der Waals surface area contributed by atoms with Gasteiger partial charge in [-0.05, 0) is 25.0 Å². The van der Waals surface area contributed by atoms with Crippen LogP contribution in [0, 0.1) is 22.7 Å². The molecule has 248 valence electrons. The van der Waals surface area contributed by atoms with Crippen molar-refractivity contribution in [3.63, 3.8) is 0 Å². The maximum absolute atomic E-state index is 14.3. The summed E-state index contributed by atoms with van der Waals surface area (Å²) in [4.78, 5) is 55.7. The van der Waals surface area contributed by atoms with Gasteiger partial charge in [0.05, 0.1) is 41.1 Å². The normalized spacial score (nSPS) is 14.6. The molecule has 0 aromatic heterocycles. The topological polar surface area (TPSA) is 141 Å². The Labute approximate surface area is 304 Å². The number of carbonyl (C=O) groups is 4. The van der Waals surface area contributed by atoms with E-state index < -0.39 is 23.8 Å². The lowest BCUT2D eigenvalue weighted by Crippen LogP contribution is -2.39. The van der Waals surface area contributed by atoms with Crippen LogP contribution in [0.25, 0.3) is 0 Å². The largest absolute Gasteiger partial charge is 0.421 e. The highest BCUT2D eigenvalue weighted by Gasteiger charge is 2.47. The van der Waals surface area contributed by atoms with Gasteiger partial charge in [0.1, 0.15) is 23.3 Å². The number of hydrogen-bond donors (Lipinski definition) is 0. The van der Waals surface area contributed by atoms with Gasteiger partial charge in [0.15, 0.2) is 11.5 Å². The Bertz CT molecular complexity index is 2040. The van der Waals surface area contributed by atoms with E-state index in [1.165, 1.54) is 23.9 Å². The van der Waals surface area contributed by atoms with Crippen molar-refractivity contribution in [3.05, 3.63) is 116 Å². The van der Waals surface area contributed by atoms with Gasteiger partial charge in [0.25, 0.3) is 11.8 Å². The Kier molecular flexibility index (Phi) is 10.00. The number of nitrogens with zero attached hydrogens (tertiary/aromatic N) is 4. The van der Waals surface area contributed by atoms with Gasteiger partial charge < -0.3 is 9.47 Å². The van der Waals surface area contributed by atoms with Gasteiger partial charge in [0.2, 0.25) is 0 Å². The number of ether oxygens (including phenoxy) is 2. The number of amides is 2. The molecule has 0 N–H and O–H groups in total. The summed E-state index contributed by atoms with van der Waals surface area (Å²) >= 11 is 4.10. The second kappa shape index (κ2) is 14.4. The third kappa shape index (κ3) is 6.58. The summed E-state index contributed by atoms with van der Waals surface area (Å²) in [6.45, 7) is 10.6. The molecule has 50 heavy (non-hydrogen) atoms. The lowest BCUT2D eigenvalue weighted by Gasteiger charge is -2.27. The average Bonchev–Trinajstić information content (AvgIpc) is 3.79. The molecule has 10 nitrogen and oxygen atoms in total. The molecule has 0 bridgehead atoms. The predicted octanol–water partition coefficient (Wildman–Crippen LogP) is 7.50. The van der Waals surface area contributed by atoms with Crippen LogP contribution in [-0.2, 0) is 32.3 Å². The van der Waals surface area contributed by atoms with E-state index >= 15 is 0 Å². The van der Waals surface area contributed by atoms with E-state index in [1.54, 1.807) is 0 Å². The first-order valence-electron chi connectivity index (χ1n) is 14.7. The second-order valence-corrected chi connectivity index (χ2v) is 15.6. The van der Waals surface area contributed by atoms with Gasteiger partial charge in [-0.15, -0.1) is 0 Å². The van der Waals surface area contributed by atoms with Crippen molar-refractivity contribution in [2.24, 2.45) is 0 Å². The molecule has 14 heteroatoms. The minimum absolute atomic E-state index is 0.0640. The van der Waals surface area contributed by atoms with Crippen molar-refractivity contribution < 1.29 is 28.7 Å². The lowest BCUT2D eigenvalue weighted by molar-refractivity contribution is -0.149. The predicted molar refractivity (Wildman–Crippen MR) is 190 cm³/mol. The molecule has 3 aliphatic rings. The van der Waals surface area contributed by atoms with E-state index in [4.69, 9.17) is 9.47 Å². The molecule has 1 fully saturated rings. The molecule has 3 aromatic carbocycles. The van der Waals surface area contributed by atoms with Crippen molar-refractivity contribution in [2.45, 2.75) is 46.5 Å². The zero-order chi connectivity index (χ0) is 35.7. The maximum atomic E-state index is 14.3. The van der Waals surface area contributed by atoms with Crippen LogP contribution in [0.4, 0.5) is 0 Å². The first-order chi connectivity index (χ1) is 24.0. The van der Waals surface area contributed by atoms with Gasteiger partial charge in [-0.3, -0.25) is 9.59 Å². The Morgan fingerprint density at radius 1 is 0.680 bits per heavy atom. The number of hydrazine groups is 1. The van der Waals surface area contributed by atoms with Crippen LogP contribution in [0.15, 0.2) is 124 Å². The molecule has 0 aliphatic carbocycles. The first kappa shape index (κ1) is 34.7. The molecular weight excluding hydrogens is 713 g/mol. The van der Waals surface area contributed by atoms with Gasteiger partial charge in [-0.1, -0.05) is 121 Å². The number of benzene rings is 3. The SMILES string of the molecule is C=C(C)C(=O)Oc1c2c(c(OC(=O)C(=C)C)c3c1SC(=C1C(=O)N(Cc4ccccc4)N(Cc4ccccc4)C1=O)S3)SC(=C(C#N)C#N)S2.